The van der Waals surface area contributed by atoms with E-state index in [4.69, 9.17) is 0 Å². The highest BCUT2D eigenvalue weighted by atomic mass is 127. The van der Waals surface area contributed by atoms with Crippen LogP contribution in [0.15, 0.2) is 0 Å². The van der Waals surface area contributed by atoms with Gasteiger partial charge in [-0.15, -0.1) is 0 Å². The quantitative estimate of drug-likeness (QED) is 0.203. The molecular weight excluding hydrogens is 484 g/mol. The summed E-state index contributed by atoms with van der Waals surface area (Å²) in [4.78, 5) is 20.7. The fourth-order valence-corrected chi connectivity index (χ4v) is 1.38. The lowest BCUT2D eigenvalue weighted by atomic mass is 10.3. The normalized spacial score (nSPS) is 14.4. The van der Waals surface area contributed by atoms with Crippen LogP contribution in [0.3, 0.4) is 0 Å². The zero-order valence-electron chi connectivity index (χ0n) is 9.67. The molecule has 0 aromatic carbocycles. The molecular formula is C7F11IO4. The van der Waals surface area contributed by atoms with E-state index in [1.807, 2.05) is 0 Å². The lowest BCUT2D eigenvalue weighted by Crippen LogP contribution is -2.59. The number of hydrogen-bond donors (Lipinski definition) is 0. The fraction of sp³-hybridized carbons (Fsp3) is 0.714. The predicted octanol–water partition coefficient (Wildman–Crippen LogP) is 3.48. The Bertz CT molecular complexity index is 448. The molecule has 136 valence electrons. The van der Waals surface area contributed by atoms with E-state index in [2.05, 4.69) is 9.47 Å². The highest BCUT2D eigenvalue weighted by Gasteiger charge is 2.76. The van der Waals surface area contributed by atoms with Crippen molar-refractivity contribution in [2.45, 2.75) is 28.2 Å². The molecule has 0 N–H and O–H groups in total. The molecule has 0 fully saturated rings. The topological polar surface area (TPSA) is 52.6 Å². The summed E-state index contributed by atoms with van der Waals surface area (Å²) in [7, 11) is 0. The van der Waals surface area contributed by atoms with Gasteiger partial charge in [0, 0.05) is 22.6 Å². The number of halogens is 12. The molecule has 0 aromatic rings. The van der Waals surface area contributed by atoms with Gasteiger partial charge >= 0.3 is 40.2 Å². The summed E-state index contributed by atoms with van der Waals surface area (Å²) in [6.07, 6.45) is -19.2. The SMILES string of the molecule is O=C(OC(I)(OC(=O)C(F)(F)F)C(F)(F)C(F)(F)F)C(F)(F)F. The average Bonchev–Trinajstić information content (AvgIpc) is 2.23. The molecule has 0 radical (unpaired) electrons. The molecule has 0 amide bonds. The molecule has 16 heteroatoms. The van der Waals surface area contributed by atoms with E-state index in [0.717, 1.165) is 0 Å². The van der Waals surface area contributed by atoms with Gasteiger partial charge in [-0.3, -0.25) is 0 Å². The lowest BCUT2D eigenvalue weighted by Gasteiger charge is -2.34. The smallest absolute Gasteiger partial charge is 0.401 e. The van der Waals surface area contributed by atoms with Crippen LogP contribution in [0.1, 0.15) is 0 Å². The molecule has 0 saturated heterocycles. The van der Waals surface area contributed by atoms with Gasteiger partial charge < -0.3 is 9.47 Å². The van der Waals surface area contributed by atoms with Crippen molar-refractivity contribution in [3.63, 3.8) is 0 Å². The van der Waals surface area contributed by atoms with Crippen molar-refractivity contribution >= 4 is 34.5 Å². The van der Waals surface area contributed by atoms with E-state index in [0.29, 0.717) is 0 Å². The second-order valence-electron chi connectivity index (χ2n) is 3.38. The van der Waals surface area contributed by atoms with Gasteiger partial charge in [-0.1, -0.05) is 0 Å². The first-order valence-electron chi connectivity index (χ1n) is 4.49. The fourth-order valence-electron chi connectivity index (χ4n) is 0.673. The Balaban J connectivity index is 5.91. The van der Waals surface area contributed by atoms with Gasteiger partial charge in [-0.2, -0.15) is 48.3 Å². The van der Waals surface area contributed by atoms with Crippen molar-refractivity contribution in [3.8, 4) is 0 Å². The summed E-state index contributed by atoms with van der Waals surface area (Å²) in [5.41, 5.74) is 0. The van der Waals surface area contributed by atoms with Crippen LogP contribution in [0, 0.1) is 0 Å². The Kier molecular flexibility index (Phi) is 5.79. The van der Waals surface area contributed by atoms with Crippen molar-refractivity contribution in [2.75, 3.05) is 0 Å². The van der Waals surface area contributed by atoms with Crippen LogP contribution >= 0.6 is 22.6 Å². The van der Waals surface area contributed by atoms with Crippen molar-refractivity contribution in [2.24, 2.45) is 0 Å². The molecule has 0 aromatic heterocycles. The minimum atomic E-state index is -6.83. The number of carbonyl (C=O) groups excluding carboxylic acids is 2. The molecule has 0 atom stereocenters. The Hall–Kier alpha value is -1.10. The highest BCUT2D eigenvalue weighted by Crippen LogP contribution is 2.50. The third-order valence-corrected chi connectivity index (χ3v) is 2.76. The second kappa shape index (κ2) is 6.08. The van der Waals surface area contributed by atoms with E-state index in [1.165, 1.54) is 0 Å². The minimum absolute atomic E-state index is 0.503. The summed E-state index contributed by atoms with van der Waals surface area (Å²) in [6.45, 7) is 0. The number of rotatable bonds is 3. The maximum absolute atomic E-state index is 13.1. The van der Waals surface area contributed by atoms with Crippen molar-refractivity contribution in [1.82, 2.24) is 0 Å². The van der Waals surface area contributed by atoms with Crippen LogP contribution in [0.4, 0.5) is 48.3 Å². The zero-order valence-corrected chi connectivity index (χ0v) is 11.8. The van der Waals surface area contributed by atoms with Crippen molar-refractivity contribution in [1.29, 1.82) is 0 Å². The molecule has 0 bridgehead atoms. The van der Waals surface area contributed by atoms with Crippen LogP contribution in [0.25, 0.3) is 0 Å². The van der Waals surface area contributed by atoms with Crippen molar-refractivity contribution in [3.05, 3.63) is 0 Å². The van der Waals surface area contributed by atoms with E-state index in [-0.39, 0.29) is 0 Å². The third kappa shape index (κ3) is 4.93. The number of ether oxygens (including phenoxy) is 2. The van der Waals surface area contributed by atoms with E-state index < -0.39 is 62.8 Å². The first-order valence-corrected chi connectivity index (χ1v) is 5.57. The zero-order chi connectivity index (χ0) is 19.1. The maximum Gasteiger partial charge on any atom is 0.491 e. The van der Waals surface area contributed by atoms with Gasteiger partial charge in [0.25, 0.3) is 0 Å². The van der Waals surface area contributed by atoms with Crippen LogP contribution < -0.4 is 0 Å². The Morgan fingerprint density at radius 1 is 0.652 bits per heavy atom. The number of alkyl halides is 12. The standard InChI is InChI=1S/C7F11IO4/c8-3(9,10)1(20)22-7(19,5(14,15)6(16,17)18)23-2(21)4(11,12)13. The second-order valence-corrected chi connectivity index (χ2v) is 4.80. The summed E-state index contributed by atoms with van der Waals surface area (Å²) in [5.74, 6) is -14.1. The monoisotopic (exact) mass is 484 g/mol. The predicted molar refractivity (Wildman–Crippen MR) is 52.0 cm³/mol. The first kappa shape index (κ1) is 21.9. The molecule has 4 nitrogen and oxygen atoms in total. The number of carbonyl (C=O) groups is 2. The summed E-state index contributed by atoms with van der Waals surface area (Å²) in [5, 5.41) is 0. The van der Waals surface area contributed by atoms with Crippen molar-refractivity contribution < 1.29 is 67.4 Å². The average molecular weight is 484 g/mol. The van der Waals surface area contributed by atoms with E-state index >= 15 is 0 Å². The molecule has 0 aliphatic heterocycles. The van der Waals surface area contributed by atoms with Gasteiger partial charge in [-0.25, -0.2) is 9.59 Å². The molecule has 0 spiro atoms. The van der Waals surface area contributed by atoms with E-state index in [9.17, 15) is 57.9 Å². The summed E-state index contributed by atoms with van der Waals surface area (Å²) >= 11 is -0.503. The molecule has 0 unspecified atom stereocenters. The van der Waals surface area contributed by atoms with Gasteiger partial charge in [-0.05, 0) is 0 Å². The van der Waals surface area contributed by atoms with Crippen LogP contribution in [-0.2, 0) is 19.1 Å². The summed E-state index contributed by atoms with van der Waals surface area (Å²) < 4.78 is 134. The van der Waals surface area contributed by atoms with Crippen LogP contribution in [0.5, 0.6) is 0 Å². The van der Waals surface area contributed by atoms with Gasteiger partial charge in [0.05, 0.1) is 0 Å². The molecule has 0 rings (SSSR count). The minimum Gasteiger partial charge on any atom is -0.401 e. The number of esters is 2. The third-order valence-electron chi connectivity index (χ3n) is 1.64. The number of hydrogen-bond acceptors (Lipinski definition) is 4. The Morgan fingerprint density at radius 2 is 0.913 bits per heavy atom. The van der Waals surface area contributed by atoms with Gasteiger partial charge in [0.15, 0.2) is 0 Å². The van der Waals surface area contributed by atoms with Gasteiger partial charge in [0.2, 0.25) is 0 Å². The maximum atomic E-state index is 13.1. The lowest BCUT2D eigenvalue weighted by molar-refractivity contribution is -0.365. The molecule has 23 heavy (non-hydrogen) atoms. The van der Waals surface area contributed by atoms with Crippen LogP contribution in [-0.4, -0.2) is 40.2 Å². The molecule has 0 saturated carbocycles. The largest absolute Gasteiger partial charge is 0.491 e. The molecule has 0 aliphatic rings. The Morgan fingerprint density at radius 3 is 1.09 bits per heavy atom. The highest BCUT2D eigenvalue weighted by molar-refractivity contribution is 14.1. The molecule has 0 aliphatic carbocycles. The van der Waals surface area contributed by atoms with E-state index in [1.54, 1.807) is 0 Å². The molecule has 0 heterocycles. The van der Waals surface area contributed by atoms with Crippen LogP contribution in [0.2, 0.25) is 0 Å². The first-order chi connectivity index (χ1) is 9.76. The van der Waals surface area contributed by atoms with Gasteiger partial charge in [0.1, 0.15) is 0 Å². The summed E-state index contributed by atoms with van der Waals surface area (Å²) in [6, 6.07) is 0. The Labute approximate surface area is 131 Å².